The van der Waals surface area contributed by atoms with Crippen LogP contribution in [0.25, 0.3) is 0 Å². The summed E-state index contributed by atoms with van der Waals surface area (Å²) in [4.78, 5) is 24.6. The van der Waals surface area contributed by atoms with E-state index in [1.165, 1.54) is 0 Å². The van der Waals surface area contributed by atoms with E-state index in [9.17, 15) is 9.59 Å². The summed E-state index contributed by atoms with van der Waals surface area (Å²) in [6, 6.07) is 7.76. The number of nitrogens with zero attached hydrogens (tertiary/aromatic N) is 2. The molecule has 0 radical (unpaired) electrons. The van der Waals surface area contributed by atoms with Crippen molar-refractivity contribution in [2.45, 2.75) is 19.8 Å². The van der Waals surface area contributed by atoms with Crippen molar-refractivity contribution in [1.82, 2.24) is 10.3 Å². The van der Waals surface area contributed by atoms with Crippen molar-refractivity contribution in [2.24, 2.45) is 5.10 Å². The van der Waals surface area contributed by atoms with E-state index in [1.54, 1.807) is 11.9 Å². The Kier molecular flexibility index (Phi) is 4.92. The van der Waals surface area contributed by atoms with Crippen molar-refractivity contribution >= 4 is 17.5 Å². The minimum atomic E-state index is -0.178. The molecular formula is C15H19N3O3. The highest BCUT2D eigenvalue weighted by molar-refractivity contribution is 6.39. The van der Waals surface area contributed by atoms with Gasteiger partial charge < -0.3 is 9.64 Å². The molecule has 112 valence electrons. The van der Waals surface area contributed by atoms with Gasteiger partial charge in [0.15, 0.2) is 0 Å². The first-order chi connectivity index (χ1) is 10.1. The van der Waals surface area contributed by atoms with Crippen LogP contribution < -0.4 is 10.2 Å². The van der Waals surface area contributed by atoms with Crippen molar-refractivity contribution in [3.8, 4) is 5.75 Å². The number of nitrogens with one attached hydrogen (secondary N) is 1. The quantitative estimate of drug-likeness (QED) is 0.882. The summed E-state index contributed by atoms with van der Waals surface area (Å²) < 4.78 is 5.61. The highest BCUT2D eigenvalue weighted by Crippen LogP contribution is 2.12. The molecule has 6 heteroatoms. The first-order valence-corrected chi connectivity index (χ1v) is 6.86. The highest BCUT2D eigenvalue weighted by atomic mass is 16.5. The molecule has 0 bridgehead atoms. The van der Waals surface area contributed by atoms with Crippen LogP contribution >= 0.6 is 0 Å². The standard InChI is InChI=1S/C15H19N3O3/c1-11-4-3-5-12(10-11)21-9-8-18(2)15(20)13-6-7-14(19)17-16-13/h3-5,10H,6-9H2,1-2H3,(H,17,19). The molecule has 1 aromatic carbocycles. The van der Waals surface area contributed by atoms with Crippen LogP contribution in [0.5, 0.6) is 5.75 Å². The Morgan fingerprint density at radius 1 is 1.43 bits per heavy atom. The molecule has 1 aromatic rings. The summed E-state index contributed by atoms with van der Waals surface area (Å²) in [5, 5.41) is 3.79. The van der Waals surface area contributed by atoms with Gasteiger partial charge in [-0.1, -0.05) is 12.1 Å². The van der Waals surface area contributed by atoms with E-state index in [4.69, 9.17) is 4.74 Å². The predicted octanol–water partition coefficient (Wildman–Crippen LogP) is 1.10. The van der Waals surface area contributed by atoms with E-state index < -0.39 is 0 Å². The molecule has 0 saturated carbocycles. The van der Waals surface area contributed by atoms with Crippen molar-refractivity contribution in [3.05, 3.63) is 29.8 Å². The predicted molar refractivity (Wildman–Crippen MR) is 79.1 cm³/mol. The van der Waals surface area contributed by atoms with Crippen LogP contribution in [0.4, 0.5) is 0 Å². The monoisotopic (exact) mass is 289 g/mol. The fourth-order valence-electron chi connectivity index (χ4n) is 1.96. The van der Waals surface area contributed by atoms with Crippen molar-refractivity contribution in [3.63, 3.8) is 0 Å². The molecule has 0 saturated heterocycles. The number of likely N-dealkylation sites (N-methyl/N-ethyl adjacent to an activating group) is 1. The summed E-state index contributed by atoms with van der Waals surface area (Å²) in [6.45, 7) is 2.86. The van der Waals surface area contributed by atoms with Crippen LogP contribution in [0.15, 0.2) is 29.4 Å². The molecule has 21 heavy (non-hydrogen) atoms. The largest absolute Gasteiger partial charge is 0.492 e. The lowest BCUT2D eigenvalue weighted by Crippen LogP contribution is -2.39. The smallest absolute Gasteiger partial charge is 0.269 e. The molecule has 2 rings (SSSR count). The molecule has 1 aliphatic rings. The molecule has 0 spiro atoms. The number of hydrogen-bond donors (Lipinski definition) is 1. The van der Waals surface area contributed by atoms with Crippen molar-refractivity contribution < 1.29 is 14.3 Å². The fraction of sp³-hybridized carbons (Fsp3) is 0.400. The van der Waals surface area contributed by atoms with Gasteiger partial charge in [-0.15, -0.1) is 0 Å². The topological polar surface area (TPSA) is 71.0 Å². The third-order valence-corrected chi connectivity index (χ3v) is 3.18. The molecule has 1 N–H and O–H groups in total. The Hall–Kier alpha value is -2.37. The van der Waals surface area contributed by atoms with E-state index in [-0.39, 0.29) is 11.8 Å². The fourth-order valence-corrected chi connectivity index (χ4v) is 1.96. The molecule has 2 amide bonds. The zero-order valence-corrected chi connectivity index (χ0v) is 12.3. The highest BCUT2D eigenvalue weighted by Gasteiger charge is 2.21. The minimum absolute atomic E-state index is 0.156. The number of carbonyl (C=O) groups excluding carboxylic acids is 2. The van der Waals surface area contributed by atoms with Gasteiger partial charge in [-0.3, -0.25) is 9.59 Å². The van der Waals surface area contributed by atoms with Crippen molar-refractivity contribution in [1.29, 1.82) is 0 Å². The van der Waals surface area contributed by atoms with Gasteiger partial charge in [-0.25, -0.2) is 5.43 Å². The zero-order valence-electron chi connectivity index (χ0n) is 12.3. The maximum absolute atomic E-state index is 12.1. The van der Waals surface area contributed by atoms with Gasteiger partial charge >= 0.3 is 0 Å². The third kappa shape index (κ3) is 4.30. The molecule has 0 unspecified atom stereocenters. The molecular weight excluding hydrogens is 270 g/mol. The maximum atomic E-state index is 12.1. The average molecular weight is 289 g/mol. The first-order valence-electron chi connectivity index (χ1n) is 6.86. The van der Waals surface area contributed by atoms with Gasteiger partial charge in [0.2, 0.25) is 5.91 Å². The Balaban J connectivity index is 1.80. The summed E-state index contributed by atoms with van der Waals surface area (Å²) in [5.41, 5.74) is 3.84. The summed E-state index contributed by atoms with van der Waals surface area (Å²) >= 11 is 0. The molecule has 0 aromatic heterocycles. The Labute approximate surface area is 123 Å². The number of carbonyl (C=O) groups is 2. The second-order valence-corrected chi connectivity index (χ2v) is 4.99. The van der Waals surface area contributed by atoms with Gasteiger partial charge in [-0.05, 0) is 24.6 Å². The lowest BCUT2D eigenvalue weighted by atomic mass is 10.1. The second-order valence-electron chi connectivity index (χ2n) is 4.99. The second kappa shape index (κ2) is 6.88. The van der Waals surface area contributed by atoms with Crippen LogP contribution in [-0.4, -0.2) is 42.6 Å². The molecule has 1 aliphatic heterocycles. The number of ether oxygens (including phenoxy) is 1. The normalized spacial score (nSPS) is 14.2. The number of hydrogen-bond acceptors (Lipinski definition) is 4. The molecule has 0 fully saturated rings. The SMILES string of the molecule is Cc1cccc(OCCN(C)C(=O)C2=NNC(=O)CC2)c1. The number of benzene rings is 1. The maximum Gasteiger partial charge on any atom is 0.269 e. The molecule has 0 aliphatic carbocycles. The molecule has 6 nitrogen and oxygen atoms in total. The van der Waals surface area contributed by atoms with Crippen LogP contribution in [0.2, 0.25) is 0 Å². The Morgan fingerprint density at radius 3 is 2.90 bits per heavy atom. The Bertz CT molecular complexity index is 569. The lowest BCUT2D eigenvalue weighted by Gasteiger charge is -2.20. The van der Waals surface area contributed by atoms with Gasteiger partial charge in [0.05, 0.1) is 6.54 Å². The van der Waals surface area contributed by atoms with E-state index in [2.05, 4.69) is 10.5 Å². The van der Waals surface area contributed by atoms with Crippen LogP contribution in [-0.2, 0) is 9.59 Å². The van der Waals surface area contributed by atoms with E-state index in [0.29, 0.717) is 31.7 Å². The van der Waals surface area contributed by atoms with Gasteiger partial charge in [0.25, 0.3) is 5.91 Å². The van der Waals surface area contributed by atoms with Crippen molar-refractivity contribution in [2.75, 3.05) is 20.2 Å². The number of hydrazone groups is 1. The minimum Gasteiger partial charge on any atom is -0.492 e. The van der Waals surface area contributed by atoms with Gasteiger partial charge in [-0.2, -0.15) is 5.10 Å². The number of aryl methyl sites for hydroxylation is 1. The van der Waals surface area contributed by atoms with E-state index in [0.717, 1.165) is 11.3 Å². The molecule has 0 atom stereocenters. The number of amides is 2. The summed E-state index contributed by atoms with van der Waals surface area (Å²) in [7, 11) is 1.70. The van der Waals surface area contributed by atoms with E-state index in [1.807, 2.05) is 31.2 Å². The number of rotatable bonds is 5. The summed E-state index contributed by atoms with van der Waals surface area (Å²) in [5.74, 6) is 0.456. The average Bonchev–Trinajstić information content (AvgIpc) is 2.47. The van der Waals surface area contributed by atoms with Crippen LogP contribution in [0, 0.1) is 6.92 Å². The van der Waals surface area contributed by atoms with Crippen LogP contribution in [0.1, 0.15) is 18.4 Å². The van der Waals surface area contributed by atoms with E-state index >= 15 is 0 Å². The molecule has 1 heterocycles. The van der Waals surface area contributed by atoms with Gasteiger partial charge in [0, 0.05) is 19.9 Å². The lowest BCUT2D eigenvalue weighted by molar-refractivity contribution is -0.123. The van der Waals surface area contributed by atoms with Crippen LogP contribution in [0.3, 0.4) is 0 Å². The Morgan fingerprint density at radius 2 is 2.24 bits per heavy atom. The first kappa shape index (κ1) is 15.0. The summed E-state index contributed by atoms with van der Waals surface area (Å²) in [6.07, 6.45) is 0.686. The third-order valence-electron chi connectivity index (χ3n) is 3.18. The zero-order chi connectivity index (χ0) is 15.2. The van der Waals surface area contributed by atoms with Gasteiger partial charge in [0.1, 0.15) is 18.1 Å².